The predicted octanol–water partition coefficient (Wildman–Crippen LogP) is 2.76. The molecule has 2 rings (SSSR count). The third-order valence-corrected chi connectivity index (χ3v) is 2.39. The van der Waals surface area contributed by atoms with Gasteiger partial charge < -0.3 is 10.6 Å². The standard InChI is InChI=1S/C11H15F2N3/c1-2-5-14-10-8(12)6-9(13)11(16-10)15-7-3-4-7/h6-7H,2-5H2,1H3,(H2,14,15,16). The van der Waals surface area contributed by atoms with Gasteiger partial charge in [0.05, 0.1) is 0 Å². The Kier molecular flexibility index (Phi) is 3.22. The Morgan fingerprint density at radius 3 is 2.62 bits per heavy atom. The summed E-state index contributed by atoms with van der Waals surface area (Å²) in [6, 6.07) is 1.17. The minimum absolute atomic E-state index is 0.117. The van der Waals surface area contributed by atoms with Crippen molar-refractivity contribution < 1.29 is 8.78 Å². The highest BCUT2D eigenvalue weighted by atomic mass is 19.1. The van der Waals surface area contributed by atoms with Crippen molar-refractivity contribution in [2.45, 2.75) is 32.2 Å². The Morgan fingerprint density at radius 1 is 1.31 bits per heavy atom. The molecule has 0 unspecified atom stereocenters. The lowest BCUT2D eigenvalue weighted by Crippen LogP contribution is -2.10. The average molecular weight is 227 g/mol. The fourth-order valence-electron chi connectivity index (χ4n) is 1.36. The number of anilines is 2. The Labute approximate surface area is 93.3 Å². The van der Waals surface area contributed by atoms with E-state index in [4.69, 9.17) is 0 Å². The van der Waals surface area contributed by atoms with Gasteiger partial charge in [-0.2, -0.15) is 0 Å². The summed E-state index contributed by atoms with van der Waals surface area (Å²) in [6.07, 6.45) is 2.91. The molecular weight excluding hydrogens is 212 g/mol. The summed E-state index contributed by atoms with van der Waals surface area (Å²) in [5, 5.41) is 5.77. The van der Waals surface area contributed by atoms with E-state index < -0.39 is 11.6 Å². The Morgan fingerprint density at radius 2 is 2.00 bits per heavy atom. The minimum atomic E-state index is -0.646. The molecular formula is C11H15F2N3. The van der Waals surface area contributed by atoms with Crippen molar-refractivity contribution in [1.29, 1.82) is 0 Å². The molecule has 3 nitrogen and oxygen atoms in total. The zero-order valence-electron chi connectivity index (χ0n) is 9.19. The molecule has 0 spiro atoms. The normalized spacial score (nSPS) is 14.9. The largest absolute Gasteiger partial charge is 0.368 e. The van der Waals surface area contributed by atoms with Crippen molar-refractivity contribution in [2.24, 2.45) is 0 Å². The van der Waals surface area contributed by atoms with E-state index in [0.29, 0.717) is 12.6 Å². The van der Waals surface area contributed by atoms with Crippen molar-refractivity contribution in [3.05, 3.63) is 17.7 Å². The van der Waals surface area contributed by atoms with E-state index in [1.165, 1.54) is 0 Å². The molecule has 0 saturated heterocycles. The van der Waals surface area contributed by atoms with E-state index in [1.807, 2.05) is 6.92 Å². The number of rotatable bonds is 5. The molecule has 1 fully saturated rings. The maximum atomic E-state index is 13.3. The second-order valence-electron chi connectivity index (χ2n) is 3.99. The van der Waals surface area contributed by atoms with Crippen LogP contribution in [0.15, 0.2) is 6.07 Å². The van der Waals surface area contributed by atoms with Crippen LogP contribution in [-0.2, 0) is 0 Å². The van der Waals surface area contributed by atoms with Gasteiger partial charge in [-0.05, 0) is 19.3 Å². The number of hydrogen-bond acceptors (Lipinski definition) is 3. The lowest BCUT2D eigenvalue weighted by molar-refractivity contribution is 0.577. The van der Waals surface area contributed by atoms with Gasteiger partial charge in [-0.15, -0.1) is 0 Å². The third kappa shape index (κ3) is 2.59. The van der Waals surface area contributed by atoms with Gasteiger partial charge in [0.1, 0.15) is 0 Å². The van der Waals surface area contributed by atoms with Crippen molar-refractivity contribution >= 4 is 11.6 Å². The molecule has 1 saturated carbocycles. The first kappa shape index (κ1) is 11.1. The van der Waals surface area contributed by atoms with E-state index in [2.05, 4.69) is 15.6 Å². The van der Waals surface area contributed by atoms with Crippen LogP contribution in [0.1, 0.15) is 26.2 Å². The van der Waals surface area contributed by atoms with Gasteiger partial charge in [0, 0.05) is 18.7 Å². The number of halogens is 2. The van der Waals surface area contributed by atoms with E-state index in [0.717, 1.165) is 25.3 Å². The van der Waals surface area contributed by atoms with Crippen molar-refractivity contribution in [1.82, 2.24) is 4.98 Å². The molecule has 1 heterocycles. The Bertz CT molecular complexity index is 378. The summed E-state index contributed by atoms with van der Waals surface area (Å²) in [6.45, 7) is 2.59. The lowest BCUT2D eigenvalue weighted by atomic mass is 10.3. The highest BCUT2D eigenvalue weighted by Gasteiger charge is 2.23. The van der Waals surface area contributed by atoms with E-state index in [9.17, 15) is 8.78 Å². The Balaban J connectivity index is 2.15. The number of pyridine rings is 1. The quantitative estimate of drug-likeness (QED) is 0.812. The monoisotopic (exact) mass is 227 g/mol. The molecule has 1 aliphatic rings. The van der Waals surface area contributed by atoms with Crippen molar-refractivity contribution in [3.8, 4) is 0 Å². The van der Waals surface area contributed by atoms with Crippen LogP contribution in [0.25, 0.3) is 0 Å². The first-order chi connectivity index (χ1) is 7.70. The van der Waals surface area contributed by atoms with Gasteiger partial charge in [-0.25, -0.2) is 13.8 Å². The maximum Gasteiger partial charge on any atom is 0.168 e. The molecule has 1 aromatic heterocycles. The third-order valence-electron chi connectivity index (χ3n) is 2.39. The van der Waals surface area contributed by atoms with Crippen molar-refractivity contribution in [3.63, 3.8) is 0 Å². The summed E-state index contributed by atoms with van der Waals surface area (Å²) in [5.41, 5.74) is 0. The van der Waals surface area contributed by atoms with Crippen LogP contribution in [-0.4, -0.2) is 17.6 Å². The number of nitrogens with one attached hydrogen (secondary N) is 2. The first-order valence-corrected chi connectivity index (χ1v) is 5.57. The minimum Gasteiger partial charge on any atom is -0.368 e. The first-order valence-electron chi connectivity index (χ1n) is 5.57. The molecule has 88 valence electrons. The molecule has 5 heteroatoms. The van der Waals surface area contributed by atoms with Gasteiger partial charge in [0.15, 0.2) is 23.3 Å². The smallest absolute Gasteiger partial charge is 0.168 e. The molecule has 0 aromatic carbocycles. The molecule has 1 aromatic rings. The molecule has 1 aliphatic carbocycles. The van der Waals surface area contributed by atoms with Gasteiger partial charge in [-0.1, -0.05) is 6.92 Å². The fourth-order valence-corrected chi connectivity index (χ4v) is 1.36. The lowest BCUT2D eigenvalue weighted by Gasteiger charge is -2.10. The topological polar surface area (TPSA) is 37.0 Å². The number of nitrogens with zero attached hydrogens (tertiary/aromatic N) is 1. The summed E-state index contributed by atoms with van der Waals surface area (Å²) in [7, 11) is 0. The van der Waals surface area contributed by atoms with Crippen LogP contribution in [0, 0.1) is 11.6 Å². The molecule has 16 heavy (non-hydrogen) atoms. The summed E-state index contributed by atoms with van der Waals surface area (Å²) < 4.78 is 26.7. The molecule has 2 N–H and O–H groups in total. The van der Waals surface area contributed by atoms with Crippen LogP contribution in [0.5, 0.6) is 0 Å². The van der Waals surface area contributed by atoms with Gasteiger partial charge in [0.25, 0.3) is 0 Å². The summed E-state index contributed by atoms with van der Waals surface area (Å²) >= 11 is 0. The van der Waals surface area contributed by atoms with Crippen LogP contribution in [0.2, 0.25) is 0 Å². The molecule has 0 bridgehead atoms. The summed E-state index contributed by atoms with van der Waals surface area (Å²) in [4.78, 5) is 3.92. The van der Waals surface area contributed by atoms with E-state index >= 15 is 0 Å². The molecule has 0 aliphatic heterocycles. The molecule has 0 atom stereocenters. The van der Waals surface area contributed by atoms with Crippen LogP contribution in [0.4, 0.5) is 20.4 Å². The van der Waals surface area contributed by atoms with Gasteiger partial charge >= 0.3 is 0 Å². The average Bonchev–Trinajstić information content (AvgIpc) is 3.04. The highest BCUT2D eigenvalue weighted by molar-refractivity contribution is 5.48. The zero-order valence-corrected chi connectivity index (χ0v) is 9.19. The van der Waals surface area contributed by atoms with Crippen LogP contribution in [0.3, 0.4) is 0 Å². The zero-order chi connectivity index (χ0) is 11.5. The predicted molar refractivity (Wildman–Crippen MR) is 59.6 cm³/mol. The van der Waals surface area contributed by atoms with E-state index in [1.54, 1.807) is 0 Å². The number of aromatic nitrogens is 1. The van der Waals surface area contributed by atoms with Crippen molar-refractivity contribution in [2.75, 3.05) is 17.2 Å². The van der Waals surface area contributed by atoms with Gasteiger partial charge in [0.2, 0.25) is 0 Å². The maximum absolute atomic E-state index is 13.3. The van der Waals surface area contributed by atoms with Gasteiger partial charge in [-0.3, -0.25) is 0 Å². The SMILES string of the molecule is CCCNc1nc(NC2CC2)c(F)cc1F. The second-order valence-corrected chi connectivity index (χ2v) is 3.99. The summed E-state index contributed by atoms with van der Waals surface area (Å²) in [5.74, 6) is -1.02. The molecule has 0 radical (unpaired) electrons. The molecule has 0 amide bonds. The van der Waals surface area contributed by atoms with Crippen LogP contribution >= 0.6 is 0 Å². The second kappa shape index (κ2) is 4.63. The highest BCUT2D eigenvalue weighted by Crippen LogP contribution is 2.26. The fraction of sp³-hybridized carbons (Fsp3) is 0.545. The number of hydrogen-bond donors (Lipinski definition) is 2. The van der Waals surface area contributed by atoms with E-state index in [-0.39, 0.29) is 11.6 Å². The Hall–Kier alpha value is -1.39. The van der Waals surface area contributed by atoms with Crippen LogP contribution < -0.4 is 10.6 Å².